The summed E-state index contributed by atoms with van der Waals surface area (Å²) in [5, 5.41) is 0. The lowest BCUT2D eigenvalue weighted by molar-refractivity contribution is 0.0360. The van der Waals surface area contributed by atoms with Crippen LogP contribution in [0.4, 0.5) is 0 Å². The lowest BCUT2D eigenvalue weighted by atomic mass is 10.0. The molecule has 1 nitrogen and oxygen atoms in total. The van der Waals surface area contributed by atoms with Gasteiger partial charge in [-0.15, -0.1) is 0 Å². The Morgan fingerprint density at radius 2 is 0.786 bits per heavy atom. The standard InChI is InChI=1S/C21H44O.2C3H8/c1-4-7-10-12-14-16-19-21(18-9-6-3)22-20-17-15-13-11-8-5-2;2*1-3-2/h21H,4-20H2,1-3H3;2*3H2,1-2H3. The second-order valence-electron chi connectivity index (χ2n) is 8.37. The highest BCUT2D eigenvalue weighted by Gasteiger charge is 2.08. The van der Waals surface area contributed by atoms with Gasteiger partial charge in [0.05, 0.1) is 6.10 Å². The van der Waals surface area contributed by atoms with Crippen LogP contribution in [0, 0.1) is 0 Å². The normalized spacial score (nSPS) is 11.2. The van der Waals surface area contributed by atoms with Crippen molar-refractivity contribution in [2.24, 2.45) is 0 Å². The van der Waals surface area contributed by atoms with E-state index in [9.17, 15) is 0 Å². The van der Waals surface area contributed by atoms with E-state index in [-0.39, 0.29) is 0 Å². The molecule has 0 bridgehead atoms. The first kappa shape index (κ1) is 32.6. The molecule has 0 aromatic heterocycles. The van der Waals surface area contributed by atoms with Crippen molar-refractivity contribution in [2.75, 3.05) is 6.61 Å². The summed E-state index contributed by atoms with van der Waals surface area (Å²) in [6.07, 6.45) is 24.8. The van der Waals surface area contributed by atoms with Crippen LogP contribution in [0.25, 0.3) is 0 Å². The lowest BCUT2D eigenvalue weighted by Gasteiger charge is -2.18. The Labute approximate surface area is 181 Å². The Morgan fingerprint density at radius 3 is 1.25 bits per heavy atom. The lowest BCUT2D eigenvalue weighted by Crippen LogP contribution is -2.14. The molecule has 1 heteroatoms. The molecular weight excluding hydrogens is 340 g/mol. The molecule has 0 amide bonds. The zero-order valence-corrected chi connectivity index (χ0v) is 21.4. The van der Waals surface area contributed by atoms with Crippen LogP contribution in [0.2, 0.25) is 0 Å². The van der Waals surface area contributed by atoms with Crippen molar-refractivity contribution in [3.8, 4) is 0 Å². The van der Waals surface area contributed by atoms with E-state index in [0.717, 1.165) is 6.61 Å². The van der Waals surface area contributed by atoms with Gasteiger partial charge in [-0.2, -0.15) is 0 Å². The first-order valence-electron chi connectivity index (χ1n) is 13.3. The Bertz CT molecular complexity index is 212. The van der Waals surface area contributed by atoms with Crippen LogP contribution in [0.1, 0.15) is 164 Å². The summed E-state index contributed by atoms with van der Waals surface area (Å²) in [5.74, 6) is 0. The molecule has 0 heterocycles. The van der Waals surface area contributed by atoms with Crippen molar-refractivity contribution in [1.29, 1.82) is 0 Å². The summed E-state index contributed by atoms with van der Waals surface area (Å²) in [6.45, 7) is 16.4. The van der Waals surface area contributed by atoms with Crippen molar-refractivity contribution in [1.82, 2.24) is 0 Å². The van der Waals surface area contributed by atoms with Crippen molar-refractivity contribution in [3.05, 3.63) is 0 Å². The van der Waals surface area contributed by atoms with Gasteiger partial charge in [0, 0.05) is 6.61 Å². The second kappa shape index (κ2) is 34.5. The molecule has 0 radical (unpaired) electrons. The van der Waals surface area contributed by atoms with Crippen LogP contribution < -0.4 is 0 Å². The third-order valence-electron chi connectivity index (χ3n) is 4.61. The molecule has 28 heavy (non-hydrogen) atoms. The molecule has 0 aliphatic carbocycles. The fourth-order valence-electron chi connectivity index (χ4n) is 3.03. The quantitative estimate of drug-likeness (QED) is 0.208. The number of ether oxygens (including phenoxy) is 1. The van der Waals surface area contributed by atoms with E-state index in [4.69, 9.17) is 4.74 Å². The van der Waals surface area contributed by atoms with Crippen LogP contribution in [-0.2, 0) is 4.74 Å². The fourth-order valence-corrected chi connectivity index (χ4v) is 3.03. The van der Waals surface area contributed by atoms with Crippen LogP contribution in [0.3, 0.4) is 0 Å². The monoisotopic (exact) mass is 400 g/mol. The number of hydrogen-bond donors (Lipinski definition) is 0. The number of unbranched alkanes of at least 4 members (excludes halogenated alkanes) is 11. The molecule has 1 atom stereocenters. The smallest absolute Gasteiger partial charge is 0.0575 e. The summed E-state index contributed by atoms with van der Waals surface area (Å²) < 4.78 is 6.18. The second-order valence-corrected chi connectivity index (χ2v) is 8.37. The predicted octanol–water partition coefficient (Wildman–Crippen LogP) is 10.5. The highest BCUT2D eigenvalue weighted by molar-refractivity contribution is 4.60. The van der Waals surface area contributed by atoms with Gasteiger partial charge in [-0.3, -0.25) is 0 Å². The molecular formula is C27H60O. The van der Waals surface area contributed by atoms with Crippen LogP contribution >= 0.6 is 0 Å². The van der Waals surface area contributed by atoms with E-state index >= 15 is 0 Å². The molecule has 0 saturated carbocycles. The summed E-state index contributed by atoms with van der Waals surface area (Å²) in [6, 6.07) is 0. The van der Waals surface area contributed by atoms with Gasteiger partial charge in [0.15, 0.2) is 0 Å². The molecule has 0 aliphatic rings. The Balaban J connectivity index is -0.000000915. The minimum Gasteiger partial charge on any atom is -0.378 e. The highest BCUT2D eigenvalue weighted by atomic mass is 16.5. The first-order chi connectivity index (χ1) is 13.7. The van der Waals surface area contributed by atoms with Crippen molar-refractivity contribution >= 4 is 0 Å². The topological polar surface area (TPSA) is 9.23 Å². The van der Waals surface area contributed by atoms with Crippen molar-refractivity contribution in [3.63, 3.8) is 0 Å². The summed E-state index contributed by atoms with van der Waals surface area (Å²) in [4.78, 5) is 0. The molecule has 0 saturated heterocycles. The summed E-state index contributed by atoms with van der Waals surface area (Å²) in [5.41, 5.74) is 0. The molecule has 0 fully saturated rings. The maximum absolute atomic E-state index is 6.18. The Morgan fingerprint density at radius 1 is 0.429 bits per heavy atom. The average molecular weight is 401 g/mol. The van der Waals surface area contributed by atoms with Gasteiger partial charge < -0.3 is 4.74 Å². The molecule has 0 rings (SSSR count). The fraction of sp³-hybridized carbons (Fsp3) is 1.00. The van der Waals surface area contributed by atoms with E-state index in [1.54, 1.807) is 0 Å². The van der Waals surface area contributed by atoms with Crippen molar-refractivity contribution in [2.45, 2.75) is 170 Å². The van der Waals surface area contributed by atoms with Gasteiger partial charge in [-0.05, 0) is 19.3 Å². The van der Waals surface area contributed by atoms with Crippen molar-refractivity contribution < 1.29 is 4.74 Å². The van der Waals surface area contributed by atoms with Crippen LogP contribution in [-0.4, -0.2) is 12.7 Å². The Kier molecular flexibility index (Phi) is 40.2. The minimum atomic E-state index is 0.543. The maximum atomic E-state index is 6.18. The van der Waals surface area contributed by atoms with E-state index in [2.05, 4.69) is 48.5 Å². The first-order valence-corrected chi connectivity index (χ1v) is 13.3. The predicted molar refractivity (Wildman–Crippen MR) is 133 cm³/mol. The van der Waals surface area contributed by atoms with E-state index < -0.39 is 0 Å². The van der Waals surface area contributed by atoms with E-state index in [0.29, 0.717) is 6.10 Å². The molecule has 1 unspecified atom stereocenters. The average Bonchev–Trinajstić information content (AvgIpc) is 2.68. The number of hydrogen-bond acceptors (Lipinski definition) is 1. The summed E-state index contributed by atoms with van der Waals surface area (Å²) >= 11 is 0. The number of rotatable bonds is 18. The van der Waals surface area contributed by atoms with Gasteiger partial charge in [0.1, 0.15) is 0 Å². The van der Waals surface area contributed by atoms with Gasteiger partial charge >= 0.3 is 0 Å². The van der Waals surface area contributed by atoms with E-state index in [1.165, 1.54) is 116 Å². The van der Waals surface area contributed by atoms with Crippen LogP contribution in [0.5, 0.6) is 0 Å². The summed E-state index contributed by atoms with van der Waals surface area (Å²) in [7, 11) is 0. The van der Waals surface area contributed by atoms with Gasteiger partial charge in [0.2, 0.25) is 0 Å². The largest absolute Gasteiger partial charge is 0.378 e. The third kappa shape index (κ3) is 36.8. The van der Waals surface area contributed by atoms with Gasteiger partial charge in [-0.25, -0.2) is 0 Å². The molecule has 0 N–H and O–H groups in total. The highest BCUT2D eigenvalue weighted by Crippen LogP contribution is 2.16. The maximum Gasteiger partial charge on any atom is 0.0575 e. The minimum absolute atomic E-state index is 0.543. The van der Waals surface area contributed by atoms with Gasteiger partial charge in [0.25, 0.3) is 0 Å². The molecule has 0 aromatic carbocycles. The molecule has 0 spiro atoms. The molecule has 0 aliphatic heterocycles. The zero-order valence-electron chi connectivity index (χ0n) is 21.4. The SMILES string of the molecule is CCC.CCC.CCCCCCCCOC(CCCC)CCCCCCCC. The van der Waals surface area contributed by atoms with E-state index in [1.807, 2.05) is 0 Å². The molecule has 174 valence electrons. The molecule has 0 aromatic rings. The third-order valence-corrected chi connectivity index (χ3v) is 4.61. The van der Waals surface area contributed by atoms with Crippen LogP contribution in [0.15, 0.2) is 0 Å². The Hall–Kier alpha value is -0.0400. The zero-order chi connectivity index (χ0) is 21.7. The van der Waals surface area contributed by atoms with Gasteiger partial charge in [-0.1, -0.05) is 145 Å².